The van der Waals surface area contributed by atoms with E-state index in [0.717, 1.165) is 127 Å². The summed E-state index contributed by atoms with van der Waals surface area (Å²) in [4.78, 5) is 72.5. The van der Waals surface area contributed by atoms with Crippen molar-refractivity contribution in [3.8, 4) is 0 Å². The van der Waals surface area contributed by atoms with Crippen LogP contribution in [0.3, 0.4) is 0 Å². The molecule has 0 aliphatic rings. The summed E-state index contributed by atoms with van der Waals surface area (Å²) in [7, 11) is -9.91. The molecule has 0 aromatic carbocycles. The lowest BCUT2D eigenvalue weighted by molar-refractivity contribution is -0.161. The van der Waals surface area contributed by atoms with Crippen molar-refractivity contribution in [2.45, 2.75) is 343 Å². The van der Waals surface area contributed by atoms with E-state index in [1.807, 2.05) is 0 Å². The molecule has 3 N–H and O–H groups in total. The van der Waals surface area contributed by atoms with Crippen LogP contribution in [0.4, 0.5) is 0 Å². The Labute approximate surface area is 542 Å². The number of carbonyl (C=O) groups excluding carboxylic acids is 4. The number of ether oxygens (including phenoxy) is 4. The smallest absolute Gasteiger partial charge is 0.462 e. The van der Waals surface area contributed by atoms with Crippen molar-refractivity contribution >= 4 is 39.5 Å². The summed E-state index contributed by atoms with van der Waals surface area (Å²) in [5, 5.41) is 10.6. The van der Waals surface area contributed by atoms with Crippen molar-refractivity contribution in [1.29, 1.82) is 0 Å². The highest BCUT2D eigenvalue weighted by Crippen LogP contribution is 2.45. The molecule has 0 aromatic heterocycles. The van der Waals surface area contributed by atoms with Crippen LogP contribution < -0.4 is 0 Å². The Morgan fingerprint density at radius 3 is 1.00 bits per heavy atom. The first kappa shape index (κ1) is 86.5. The fourth-order valence-corrected chi connectivity index (χ4v) is 11.5. The quantitative estimate of drug-likeness (QED) is 0.0169. The van der Waals surface area contributed by atoms with Gasteiger partial charge in [0.15, 0.2) is 12.2 Å². The monoisotopic (exact) mass is 1310 g/mol. The summed E-state index contributed by atoms with van der Waals surface area (Å²) < 4.78 is 68.2. The van der Waals surface area contributed by atoms with E-state index in [9.17, 15) is 43.2 Å². The number of carbonyl (C=O) groups is 4. The van der Waals surface area contributed by atoms with E-state index in [2.05, 4.69) is 72.8 Å². The molecule has 89 heavy (non-hydrogen) atoms. The van der Waals surface area contributed by atoms with E-state index in [-0.39, 0.29) is 25.7 Å². The highest BCUT2D eigenvalue weighted by molar-refractivity contribution is 7.47. The summed E-state index contributed by atoms with van der Waals surface area (Å²) >= 11 is 0. The lowest BCUT2D eigenvalue weighted by atomic mass is 9.99. The molecular formula is C70H132O17P2. The Balaban J connectivity index is 5.30. The summed E-state index contributed by atoms with van der Waals surface area (Å²) in [6, 6.07) is 0. The molecule has 0 fully saturated rings. The molecule has 4 unspecified atom stereocenters. The van der Waals surface area contributed by atoms with Crippen LogP contribution >= 0.6 is 15.6 Å². The van der Waals surface area contributed by atoms with Gasteiger partial charge in [-0.15, -0.1) is 0 Å². The predicted octanol–water partition coefficient (Wildman–Crippen LogP) is 19.4. The average molecular weight is 1310 g/mol. The number of aliphatic hydroxyl groups is 1. The van der Waals surface area contributed by atoms with Gasteiger partial charge in [0.05, 0.1) is 26.4 Å². The zero-order valence-corrected chi connectivity index (χ0v) is 59.2. The van der Waals surface area contributed by atoms with Gasteiger partial charge in [-0.3, -0.25) is 37.3 Å². The lowest BCUT2D eigenvalue weighted by Crippen LogP contribution is -2.30. The molecule has 0 saturated carbocycles. The number of esters is 4. The minimum atomic E-state index is -4.96. The Morgan fingerprint density at radius 1 is 0.371 bits per heavy atom. The van der Waals surface area contributed by atoms with Gasteiger partial charge < -0.3 is 33.8 Å². The first-order valence-corrected chi connectivity index (χ1v) is 38.7. The normalized spacial score (nSPS) is 15.0. The summed E-state index contributed by atoms with van der Waals surface area (Å²) in [5.41, 5.74) is 0. The van der Waals surface area contributed by atoms with Crippen LogP contribution in [-0.4, -0.2) is 96.7 Å². The second kappa shape index (κ2) is 60.5. The predicted molar refractivity (Wildman–Crippen MR) is 358 cm³/mol. The highest BCUT2D eigenvalue weighted by Gasteiger charge is 2.30. The van der Waals surface area contributed by atoms with Crippen molar-refractivity contribution in [2.24, 2.45) is 17.8 Å². The summed E-state index contributed by atoms with van der Waals surface area (Å²) in [6.07, 6.45) is 46.6. The minimum Gasteiger partial charge on any atom is -0.462 e. The van der Waals surface area contributed by atoms with Crippen molar-refractivity contribution < 1.29 is 80.2 Å². The number of phosphoric acid groups is 2. The number of allylic oxidation sites excluding steroid dienone is 4. The Bertz CT molecular complexity index is 1850. The maximum Gasteiger partial charge on any atom is 0.472 e. The Hall–Kier alpha value is -2.46. The third kappa shape index (κ3) is 61.5. The molecule has 0 spiro atoms. The number of hydrogen-bond acceptors (Lipinski definition) is 15. The van der Waals surface area contributed by atoms with E-state index in [4.69, 9.17) is 37.0 Å². The summed E-state index contributed by atoms with van der Waals surface area (Å²) in [5.74, 6) is 0.0775. The fourth-order valence-electron chi connectivity index (χ4n) is 9.94. The van der Waals surface area contributed by atoms with Gasteiger partial charge in [0.25, 0.3) is 0 Å². The molecule has 0 bridgehead atoms. The number of unbranched alkanes of at least 4 members (excludes halogenated alkanes) is 29. The molecule has 0 aliphatic heterocycles. The van der Waals surface area contributed by atoms with Crippen molar-refractivity contribution in [3.63, 3.8) is 0 Å². The van der Waals surface area contributed by atoms with Gasteiger partial charge in [-0.1, -0.05) is 272 Å². The van der Waals surface area contributed by atoms with E-state index in [0.29, 0.717) is 25.7 Å². The second-order valence-corrected chi connectivity index (χ2v) is 28.5. The molecule has 0 heterocycles. The molecule has 7 atom stereocenters. The largest absolute Gasteiger partial charge is 0.472 e. The Kier molecular flexibility index (Phi) is 58.8. The molecule has 17 nitrogen and oxygen atoms in total. The maximum atomic E-state index is 13.0. The molecule has 0 aromatic rings. The van der Waals surface area contributed by atoms with Gasteiger partial charge in [-0.05, 0) is 69.1 Å². The molecule has 0 radical (unpaired) electrons. The topological polar surface area (TPSA) is 237 Å². The number of phosphoric ester groups is 2. The first-order chi connectivity index (χ1) is 42.8. The number of rotatable bonds is 66. The van der Waals surface area contributed by atoms with E-state index >= 15 is 0 Å². The van der Waals surface area contributed by atoms with Gasteiger partial charge in [0.1, 0.15) is 19.3 Å². The van der Waals surface area contributed by atoms with Gasteiger partial charge in [-0.25, -0.2) is 9.13 Å². The second-order valence-electron chi connectivity index (χ2n) is 25.5. The van der Waals surface area contributed by atoms with Gasteiger partial charge in [0.2, 0.25) is 0 Å². The minimum absolute atomic E-state index is 0.0836. The third-order valence-corrected chi connectivity index (χ3v) is 18.1. The average Bonchev–Trinajstić information content (AvgIpc) is 3.62. The van der Waals surface area contributed by atoms with Gasteiger partial charge in [-0.2, -0.15) is 0 Å². The lowest BCUT2D eigenvalue weighted by Gasteiger charge is -2.21. The zero-order chi connectivity index (χ0) is 65.9. The Morgan fingerprint density at radius 2 is 0.663 bits per heavy atom. The molecular weight excluding hydrogens is 1170 g/mol. The van der Waals surface area contributed by atoms with E-state index in [1.165, 1.54) is 116 Å². The van der Waals surface area contributed by atoms with Crippen LogP contribution in [0.5, 0.6) is 0 Å². The van der Waals surface area contributed by atoms with Gasteiger partial charge in [0, 0.05) is 25.7 Å². The van der Waals surface area contributed by atoms with Gasteiger partial charge >= 0.3 is 39.5 Å². The van der Waals surface area contributed by atoms with Crippen molar-refractivity contribution in [1.82, 2.24) is 0 Å². The molecule has 0 amide bonds. The third-order valence-electron chi connectivity index (χ3n) is 16.2. The van der Waals surface area contributed by atoms with Crippen LogP contribution in [0.25, 0.3) is 0 Å². The standard InChI is InChI=1S/C70H132O17P2/c1-8-11-12-13-14-15-16-17-18-19-20-23-30-39-46-53-69(74)86-66(58-81-68(73)52-45-38-33-32-36-43-50-63(7)10-3)60-85-89(78,79)83-56-64(71)55-82-88(76,77)84-59-65(87-70(75)54-47-40-31-26-25-28-35-42-49-62(6)9-2)57-80-67(72)51-44-37-29-24-21-22-27-34-41-48-61(4)5/h15-18,61-66,71H,8-14,19-60H2,1-7H3,(H,76,77)(H,78,79)/b16-15-,18-17-/t62?,63?,64-,65-,66-/m1/s1. The van der Waals surface area contributed by atoms with E-state index < -0.39 is 97.5 Å². The van der Waals surface area contributed by atoms with Crippen molar-refractivity contribution in [2.75, 3.05) is 39.6 Å². The van der Waals surface area contributed by atoms with Crippen LogP contribution in [0.15, 0.2) is 24.3 Å². The number of hydrogen-bond donors (Lipinski definition) is 3. The fraction of sp³-hybridized carbons (Fsp3) is 0.886. The molecule has 19 heteroatoms. The van der Waals surface area contributed by atoms with Crippen LogP contribution in [0.1, 0.15) is 325 Å². The van der Waals surface area contributed by atoms with Crippen molar-refractivity contribution in [3.05, 3.63) is 24.3 Å². The molecule has 0 aliphatic carbocycles. The molecule has 0 rings (SSSR count). The number of aliphatic hydroxyl groups excluding tert-OH is 1. The SMILES string of the molecule is CCCCCC/C=C\C=C/CCCCCCCC(=O)O[C@H](COC(=O)CCCCCCCCC(C)CC)COP(=O)(O)OC[C@H](O)COP(=O)(O)OC[C@@H](COC(=O)CCCCCCCCCCCC(C)C)OC(=O)CCCCCCCCCCC(C)CC. The molecule has 0 saturated heterocycles. The van der Waals surface area contributed by atoms with Crippen LogP contribution in [-0.2, 0) is 65.4 Å². The van der Waals surface area contributed by atoms with Crippen LogP contribution in [0, 0.1) is 17.8 Å². The highest BCUT2D eigenvalue weighted by atomic mass is 31.2. The zero-order valence-electron chi connectivity index (χ0n) is 57.4. The molecule has 524 valence electrons. The summed E-state index contributed by atoms with van der Waals surface area (Å²) in [6.45, 7) is 11.7. The van der Waals surface area contributed by atoms with Crippen LogP contribution in [0.2, 0.25) is 0 Å². The first-order valence-electron chi connectivity index (χ1n) is 35.7. The maximum absolute atomic E-state index is 13.0. The van der Waals surface area contributed by atoms with E-state index in [1.54, 1.807) is 0 Å².